The van der Waals surface area contributed by atoms with E-state index in [1.165, 1.54) is 70.6 Å². The molecule has 0 aromatic rings. The lowest BCUT2D eigenvalue weighted by molar-refractivity contribution is -0.332. The van der Waals surface area contributed by atoms with Crippen molar-refractivity contribution in [2.45, 2.75) is 242 Å². The Labute approximate surface area is 401 Å². The Bertz CT molecular complexity index is 1350. The molecule has 4 unspecified atom stereocenters. The quantitative estimate of drug-likeness (QED) is 0.0185. The second kappa shape index (κ2) is 39.2. The van der Waals surface area contributed by atoms with E-state index in [1.54, 1.807) is 0 Å². The highest BCUT2D eigenvalue weighted by Gasteiger charge is 2.47. The molecule has 2 aliphatic heterocycles. The number of hydrogen-bond donors (Lipinski definition) is 7. The van der Waals surface area contributed by atoms with E-state index in [2.05, 4.69) is 62.5 Å². The van der Waals surface area contributed by atoms with Crippen molar-refractivity contribution in [3.8, 4) is 0 Å². The normalized spacial score (nSPS) is 26.3. The SMILES string of the molecule is CCCCC/C=C/C/C=C/C/C=C/C/C=C/CCCCCC(=O)O[C@H](COC(=O)CCCCCCCCCCCCCC)CO[C@H]1O[C@@H](CO[C@H]2O[C@@H](CO)[C@@H](O)C(O)C2O)[C@@H](O)C(O)C1O. The fourth-order valence-corrected chi connectivity index (χ4v) is 7.79. The standard InChI is InChI=1S/C52H90O15/c1-3-5-7-9-11-13-15-17-18-19-20-21-22-23-25-27-29-31-33-35-44(55)65-40(37-62-43(54)34-32-30-28-26-24-16-14-12-10-8-6-4-2)38-63-51-50(61)48(59)46(57)42(67-51)39-64-52-49(60)47(58)45(56)41(36-53)66-52/h11,13,17-18,20-21,23,25,40-42,45-53,56-61H,3-10,12,14-16,19,22,24,26-39H2,1-2H3/b13-11+,18-17+,21-20+,25-23+/t40-,41+,42+,45-,46-,47?,48?,49?,50?,51+,52+/m1/s1. The Hall–Kier alpha value is -2.54. The van der Waals surface area contributed by atoms with Crippen LogP contribution in [0.15, 0.2) is 48.6 Å². The van der Waals surface area contributed by atoms with Crippen molar-refractivity contribution >= 4 is 11.9 Å². The van der Waals surface area contributed by atoms with Crippen LogP contribution in [0.1, 0.15) is 174 Å². The number of allylic oxidation sites excluding steroid dienone is 8. The maximum Gasteiger partial charge on any atom is 0.306 e. The van der Waals surface area contributed by atoms with Crippen molar-refractivity contribution in [2.75, 3.05) is 26.4 Å². The highest BCUT2D eigenvalue weighted by Crippen LogP contribution is 2.26. The van der Waals surface area contributed by atoms with Gasteiger partial charge in [-0.2, -0.15) is 0 Å². The number of aliphatic hydroxyl groups is 7. The van der Waals surface area contributed by atoms with E-state index in [1.807, 2.05) is 0 Å². The fraction of sp³-hybridized carbons (Fsp3) is 0.808. The summed E-state index contributed by atoms with van der Waals surface area (Å²) in [5.74, 6) is -0.961. The third kappa shape index (κ3) is 27.4. The van der Waals surface area contributed by atoms with Gasteiger partial charge in [0, 0.05) is 12.8 Å². The molecule has 0 saturated carbocycles. The minimum atomic E-state index is -1.77. The molecule has 0 aromatic carbocycles. The first-order valence-electron chi connectivity index (χ1n) is 25.7. The molecule has 2 heterocycles. The molecule has 388 valence electrons. The molecule has 2 rings (SSSR count). The second-order valence-corrected chi connectivity index (χ2v) is 18.0. The van der Waals surface area contributed by atoms with Crippen LogP contribution in [-0.4, -0.2) is 142 Å². The zero-order valence-electron chi connectivity index (χ0n) is 40.9. The molecule has 11 atom stereocenters. The maximum absolute atomic E-state index is 13.0. The summed E-state index contributed by atoms with van der Waals surface area (Å²) in [5.41, 5.74) is 0. The first-order chi connectivity index (χ1) is 32.5. The van der Waals surface area contributed by atoms with E-state index in [-0.39, 0.29) is 19.4 Å². The van der Waals surface area contributed by atoms with Crippen LogP contribution < -0.4 is 0 Å². The number of unbranched alkanes of at least 4 members (excludes halogenated alkanes) is 17. The van der Waals surface area contributed by atoms with Crippen LogP contribution in [-0.2, 0) is 38.0 Å². The van der Waals surface area contributed by atoms with Crippen molar-refractivity contribution in [3.05, 3.63) is 48.6 Å². The Kier molecular flexibility index (Phi) is 35.5. The molecular formula is C52H90O15. The number of esters is 2. The molecule has 15 nitrogen and oxygen atoms in total. The summed E-state index contributed by atoms with van der Waals surface area (Å²) in [5, 5.41) is 72.0. The van der Waals surface area contributed by atoms with Crippen molar-refractivity contribution < 1.29 is 73.8 Å². The molecule has 2 fully saturated rings. The highest BCUT2D eigenvalue weighted by atomic mass is 16.7. The monoisotopic (exact) mass is 955 g/mol. The zero-order chi connectivity index (χ0) is 48.9. The number of hydrogen-bond acceptors (Lipinski definition) is 15. The molecule has 2 aliphatic rings. The van der Waals surface area contributed by atoms with Gasteiger partial charge < -0.3 is 64.2 Å². The molecule has 7 N–H and O–H groups in total. The van der Waals surface area contributed by atoms with Gasteiger partial charge in [-0.05, 0) is 57.8 Å². The summed E-state index contributed by atoms with van der Waals surface area (Å²) in [6.07, 6.45) is 25.7. The number of aliphatic hydroxyl groups excluding tert-OH is 7. The van der Waals surface area contributed by atoms with Crippen LogP contribution >= 0.6 is 0 Å². The second-order valence-electron chi connectivity index (χ2n) is 18.0. The van der Waals surface area contributed by atoms with Gasteiger partial charge in [-0.25, -0.2) is 0 Å². The number of carbonyl (C=O) groups excluding carboxylic acids is 2. The van der Waals surface area contributed by atoms with Crippen molar-refractivity contribution in [2.24, 2.45) is 0 Å². The average Bonchev–Trinajstić information content (AvgIpc) is 3.32. The van der Waals surface area contributed by atoms with Gasteiger partial charge in [-0.3, -0.25) is 9.59 Å². The Balaban J connectivity index is 1.83. The molecule has 0 aromatic heterocycles. The molecule has 0 bridgehead atoms. The van der Waals surface area contributed by atoms with Crippen LogP contribution in [0.4, 0.5) is 0 Å². The summed E-state index contributed by atoms with van der Waals surface area (Å²) >= 11 is 0. The first-order valence-corrected chi connectivity index (χ1v) is 25.7. The lowest BCUT2D eigenvalue weighted by Gasteiger charge is -2.42. The minimum absolute atomic E-state index is 0.128. The van der Waals surface area contributed by atoms with Gasteiger partial charge >= 0.3 is 11.9 Å². The van der Waals surface area contributed by atoms with Gasteiger partial charge in [0.2, 0.25) is 0 Å². The highest BCUT2D eigenvalue weighted by molar-refractivity contribution is 5.70. The molecular weight excluding hydrogens is 865 g/mol. The third-order valence-electron chi connectivity index (χ3n) is 12.1. The van der Waals surface area contributed by atoms with Gasteiger partial charge in [0.15, 0.2) is 18.7 Å². The van der Waals surface area contributed by atoms with E-state index < -0.39 is 99.3 Å². The van der Waals surface area contributed by atoms with Crippen LogP contribution in [0.25, 0.3) is 0 Å². The van der Waals surface area contributed by atoms with E-state index in [0.29, 0.717) is 12.8 Å². The van der Waals surface area contributed by atoms with Crippen LogP contribution in [0.5, 0.6) is 0 Å². The van der Waals surface area contributed by atoms with E-state index in [4.69, 9.17) is 28.4 Å². The van der Waals surface area contributed by atoms with Gasteiger partial charge in [-0.1, -0.05) is 152 Å². The summed E-state index contributed by atoms with van der Waals surface area (Å²) in [7, 11) is 0. The summed E-state index contributed by atoms with van der Waals surface area (Å²) < 4.78 is 33.5. The van der Waals surface area contributed by atoms with E-state index in [9.17, 15) is 45.3 Å². The molecule has 2 saturated heterocycles. The van der Waals surface area contributed by atoms with Crippen LogP contribution in [0.3, 0.4) is 0 Å². The summed E-state index contributed by atoms with van der Waals surface area (Å²) in [4.78, 5) is 25.7. The molecule has 0 spiro atoms. The first kappa shape index (κ1) is 60.6. The zero-order valence-corrected chi connectivity index (χ0v) is 40.9. The summed E-state index contributed by atoms with van der Waals surface area (Å²) in [6, 6.07) is 0. The minimum Gasteiger partial charge on any atom is -0.462 e. The predicted octanol–water partition coefficient (Wildman–Crippen LogP) is 7.10. The van der Waals surface area contributed by atoms with Gasteiger partial charge in [0.25, 0.3) is 0 Å². The Morgan fingerprint density at radius 2 is 0.896 bits per heavy atom. The average molecular weight is 955 g/mol. The number of rotatable bonds is 39. The van der Waals surface area contributed by atoms with Crippen molar-refractivity contribution in [1.82, 2.24) is 0 Å². The smallest absolute Gasteiger partial charge is 0.306 e. The van der Waals surface area contributed by atoms with Crippen LogP contribution in [0, 0.1) is 0 Å². The number of ether oxygens (including phenoxy) is 6. The maximum atomic E-state index is 13.0. The lowest BCUT2D eigenvalue weighted by atomic mass is 9.98. The van der Waals surface area contributed by atoms with Gasteiger partial charge in [0.05, 0.1) is 19.8 Å². The van der Waals surface area contributed by atoms with E-state index in [0.717, 1.165) is 64.2 Å². The molecule has 0 aliphatic carbocycles. The topological polar surface area (TPSA) is 231 Å². The van der Waals surface area contributed by atoms with Gasteiger partial charge in [0.1, 0.15) is 55.4 Å². The fourth-order valence-electron chi connectivity index (χ4n) is 7.79. The van der Waals surface area contributed by atoms with Crippen molar-refractivity contribution in [3.63, 3.8) is 0 Å². The van der Waals surface area contributed by atoms with E-state index >= 15 is 0 Å². The predicted molar refractivity (Wildman–Crippen MR) is 257 cm³/mol. The van der Waals surface area contributed by atoms with Crippen LogP contribution in [0.2, 0.25) is 0 Å². The molecule has 0 amide bonds. The largest absolute Gasteiger partial charge is 0.462 e. The summed E-state index contributed by atoms with van der Waals surface area (Å²) in [6.45, 7) is 2.52. The number of carbonyl (C=O) groups is 2. The van der Waals surface area contributed by atoms with Crippen molar-refractivity contribution in [1.29, 1.82) is 0 Å². The molecule has 0 radical (unpaired) electrons. The third-order valence-corrected chi connectivity index (χ3v) is 12.1. The van der Waals surface area contributed by atoms with Gasteiger partial charge in [-0.15, -0.1) is 0 Å². The Morgan fingerprint density at radius 1 is 0.478 bits per heavy atom. The molecule has 67 heavy (non-hydrogen) atoms. The molecule has 15 heteroatoms. The Morgan fingerprint density at radius 3 is 1.43 bits per heavy atom. The lowest BCUT2D eigenvalue weighted by Crippen LogP contribution is -2.61.